The molecule has 1 atom stereocenters. The molecule has 1 aliphatic rings. The van der Waals surface area contributed by atoms with Crippen LogP contribution in [0.25, 0.3) is 0 Å². The van der Waals surface area contributed by atoms with Crippen molar-refractivity contribution in [1.29, 1.82) is 0 Å². The molecule has 0 radical (unpaired) electrons. The number of nitrogens with zero attached hydrogens (tertiary/aromatic N) is 1. The molecule has 1 fully saturated rings. The van der Waals surface area contributed by atoms with E-state index in [1.807, 2.05) is 0 Å². The molecule has 0 bridgehead atoms. The van der Waals surface area contributed by atoms with E-state index in [0.717, 1.165) is 12.1 Å². The fourth-order valence-electron chi connectivity index (χ4n) is 3.21. The summed E-state index contributed by atoms with van der Waals surface area (Å²) in [6, 6.07) is 9.85. The summed E-state index contributed by atoms with van der Waals surface area (Å²) in [6.07, 6.45) is -4.86. The molecule has 2 aromatic rings. The number of rotatable bonds is 6. The van der Waals surface area contributed by atoms with Crippen LogP contribution >= 0.6 is 0 Å². The fraction of sp³-hybridized carbons (Fsp3) is 0.238. The first-order chi connectivity index (χ1) is 15.4. The normalized spacial score (nSPS) is 18.0. The number of hydrogen-bond acceptors (Lipinski definition) is 5. The van der Waals surface area contributed by atoms with Crippen LogP contribution in [0.5, 0.6) is 5.75 Å². The molecule has 2 aromatic carbocycles. The highest BCUT2D eigenvalue weighted by atomic mass is 19.4. The maximum atomic E-state index is 12.9. The Labute approximate surface area is 185 Å². The van der Waals surface area contributed by atoms with Gasteiger partial charge in [-0.05, 0) is 48.9 Å². The van der Waals surface area contributed by atoms with Gasteiger partial charge in [-0.1, -0.05) is 12.1 Å². The van der Waals surface area contributed by atoms with Crippen LogP contribution in [0.1, 0.15) is 19.4 Å². The first kappa shape index (κ1) is 23.6. The number of benzene rings is 2. The number of hydrogen-bond donors (Lipinski definition) is 3. The van der Waals surface area contributed by atoms with Gasteiger partial charge in [0.1, 0.15) is 17.8 Å². The predicted molar refractivity (Wildman–Crippen MR) is 110 cm³/mol. The molecule has 12 heteroatoms. The molecule has 5 amide bonds. The number of carbonyl (C=O) groups is 4. The largest absolute Gasteiger partial charge is 0.573 e. The number of anilines is 2. The van der Waals surface area contributed by atoms with Crippen molar-refractivity contribution in [2.75, 3.05) is 17.2 Å². The van der Waals surface area contributed by atoms with Gasteiger partial charge in [0.05, 0.1) is 0 Å². The van der Waals surface area contributed by atoms with Gasteiger partial charge >= 0.3 is 12.4 Å². The molecule has 3 rings (SSSR count). The summed E-state index contributed by atoms with van der Waals surface area (Å²) in [5.74, 6) is -2.12. The van der Waals surface area contributed by atoms with Gasteiger partial charge in [0.2, 0.25) is 11.8 Å². The second kappa shape index (κ2) is 8.81. The van der Waals surface area contributed by atoms with Gasteiger partial charge in [-0.15, -0.1) is 13.2 Å². The lowest BCUT2D eigenvalue weighted by molar-refractivity contribution is -0.274. The van der Waals surface area contributed by atoms with Gasteiger partial charge in [-0.3, -0.25) is 19.3 Å². The van der Waals surface area contributed by atoms with Crippen molar-refractivity contribution in [3.8, 4) is 5.75 Å². The van der Waals surface area contributed by atoms with E-state index in [0.29, 0.717) is 16.3 Å². The molecule has 1 saturated heterocycles. The Kier molecular flexibility index (Phi) is 6.29. The molecule has 0 aromatic heterocycles. The zero-order chi connectivity index (χ0) is 24.4. The molecular formula is C21H19F3N4O5. The molecule has 1 aliphatic heterocycles. The van der Waals surface area contributed by atoms with Crippen LogP contribution < -0.4 is 20.7 Å². The number of ether oxygens (including phenoxy) is 1. The topological polar surface area (TPSA) is 117 Å². The SMILES string of the molecule is CC(=O)Nc1ccc(NC(=O)CN2C(=O)NC(C)(c3ccc(OC(F)(F)F)cc3)C2=O)cc1. The van der Waals surface area contributed by atoms with E-state index in [1.54, 1.807) is 12.1 Å². The second-order valence-electron chi connectivity index (χ2n) is 7.33. The molecule has 3 N–H and O–H groups in total. The third kappa shape index (κ3) is 5.59. The third-order valence-electron chi connectivity index (χ3n) is 4.73. The van der Waals surface area contributed by atoms with E-state index in [9.17, 15) is 32.3 Å². The van der Waals surface area contributed by atoms with E-state index >= 15 is 0 Å². The van der Waals surface area contributed by atoms with Crippen LogP contribution in [0, 0.1) is 0 Å². The lowest BCUT2D eigenvalue weighted by atomic mass is 9.92. The molecule has 0 aliphatic carbocycles. The highest BCUT2D eigenvalue weighted by Gasteiger charge is 2.49. The summed E-state index contributed by atoms with van der Waals surface area (Å²) in [6.45, 7) is 2.15. The van der Waals surface area contributed by atoms with Crippen molar-refractivity contribution in [3.63, 3.8) is 0 Å². The molecule has 1 heterocycles. The van der Waals surface area contributed by atoms with Gasteiger partial charge in [0.15, 0.2) is 0 Å². The standard InChI is InChI=1S/C21H19F3N4O5/c1-12(29)25-14-5-7-15(8-6-14)26-17(30)11-28-18(31)20(2,27-19(28)32)13-3-9-16(10-4-13)33-21(22,23)24/h3-10H,11H2,1-2H3,(H,25,29)(H,26,30)(H,27,32). The minimum absolute atomic E-state index is 0.215. The number of imide groups is 1. The minimum Gasteiger partial charge on any atom is -0.406 e. The van der Waals surface area contributed by atoms with E-state index in [1.165, 1.54) is 38.1 Å². The second-order valence-corrected chi connectivity index (χ2v) is 7.33. The fourth-order valence-corrected chi connectivity index (χ4v) is 3.21. The van der Waals surface area contributed by atoms with E-state index in [2.05, 4.69) is 20.7 Å². The van der Waals surface area contributed by atoms with Gasteiger partial charge < -0.3 is 20.7 Å². The van der Waals surface area contributed by atoms with Crippen LogP contribution in [0.2, 0.25) is 0 Å². The molecule has 1 unspecified atom stereocenters. The van der Waals surface area contributed by atoms with E-state index in [4.69, 9.17) is 0 Å². The number of amides is 5. The quantitative estimate of drug-likeness (QED) is 0.569. The molecular weight excluding hydrogens is 445 g/mol. The Balaban J connectivity index is 1.66. The zero-order valence-corrected chi connectivity index (χ0v) is 17.4. The lowest BCUT2D eigenvalue weighted by Gasteiger charge is -2.22. The Bertz CT molecular complexity index is 1090. The molecule has 9 nitrogen and oxygen atoms in total. The van der Waals surface area contributed by atoms with Crippen molar-refractivity contribution >= 4 is 35.1 Å². The predicted octanol–water partition coefficient (Wildman–Crippen LogP) is 2.95. The van der Waals surface area contributed by atoms with Crippen molar-refractivity contribution in [2.24, 2.45) is 0 Å². The summed E-state index contributed by atoms with van der Waals surface area (Å²) >= 11 is 0. The first-order valence-electron chi connectivity index (χ1n) is 9.55. The smallest absolute Gasteiger partial charge is 0.406 e. The monoisotopic (exact) mass is 464 g/mol. The van der Waals surface area contributed by atoms with E-state index < -0.39 is 42.0 Å². The first-order valence-corrected chi connectivity index (χ1v) is 9.55. The number of alkyl halides is 3. The number of nitrogens with one attached hydrogen (secondary N) is 3. The van der Waals surface area contributed by atoms with Gasteiger partial charge in [-0.25, -0.2) is 4.79 Å². The van der Waals surface area contributed by atoms with Crippen LogP contribution in [0.3, 0.4) is 0 Å². The highest BCUT2D eigenvalue weighted by Crippen LogP contribution is 2.31. The van der Waals surface area contributed by atoms with Crippen LogP contribution in [-0.2, 0) is 19.9 Å². The Morgan fingerprint density at radius 3 is 2.06 bits per heavy atom. The minimum atomic E-state index is -4.86. The van der Waals surface area contributed by atoms with Gasteiger partial charge in [0, 0.05) is 18.3 Å². The van der Waals surface area contributed by atoms with Crippen molar-refractivity contribution < 1.29 is 37.1 Å². The van der Waals surface area contributed by atoms with Crippen molar-refractivity contribution in [3.05, 3.63) is 54.1 Å². The van der Waals surface area contributed by atoms with Crippen LogP contribution in [0.4, 0.5) is 29.3 Å². The number of halogens is 3. The lowest BCUT2D eigenvalue weighted by Crippen LogP contribution is -2.42. The van der Waals surface area contributed by atoms with Crippen LogP contribution in [-0.4, -0.2) is 41.6 Å². The maximum Gasteiger partial charge on any atom is 0.573 e. The summed E-state index contributed by atoms with van der Waals surface area (Å²) in [7, 11) is 0. The number of urea groups is 1. The highest BCUT2D eigenvalue weighted by molar-refractivity contribution is 6.10. The molecule has 0 spiro atoms. The summed E-state index contributed by atoms with van der Waals surface area (Å²) in [4.78, 5) is 49.4. The average Bonchev–Trinajstić information content (AvgIpc) is 2.92. The number of carbonyl (C=O) groups excluding carboxylic acids is 4. The summed E-state index contributed by atoms with van der Waals surface area (Å²) < 4.78 is 40.8. The summed E-state index contributed by atoms with van der Waals surface area (Å²) in [5, 5.41) is 7.58. The Hall–Kier alpha value is -4.09. The van der Waals surface area contributed by atoms with Gasteiger partial charge in [0.25, 0.3) is 5.91 Å². The maximum absolute atomic E-state index is 12.9. The Morgan fingerprint density at radius 2 is 1.55 bits per heavy atom. The zero-order valence-electron chi connectivity index (χ0n) is 17.4. The van der Waals surface area contributed by atoms with Crippen molar-refractivity contribution in [2.45, 2.75) is 25.7 Å². The third-order valence-corrected chi connectivity index (χ3v) is 4.73. The summed E-state index contributed by atoms with van der Waals surface area (Å²) in [5.41, 5.74) is -0.457. The van der Waals surface area contributed by atoms with Crippen LogP contribution in [0.15, 0.2) is 48.5 Å². The van der Waals surface area contributed by atoms with Gasteiger partial charge in [-0.2, -0.15) is 0 Å². The Morgan fingerprint density at radius 1 is 1.00 bits per heavy atom. The van der Waals surface area contributed by atoms with Crippen molar-refractivity contribution in [1.82, 2.24) is 10.2 Å². The van der Waals surface area contributed by atoms with E-state index in [-0.39, 0.29) is 11.5 Å². The molecule has 0 saturated carbocycles. The molecule has 174 valence electrons. The average molecular weight is 464 g/mol. The molecule has 33 heavy (non-hydrogen) atoms.